The van der Waals surface area contributed by atoms with E-state index in [1.807, 2.05) is 0 Å². The fourth-order valence-corrected chi connectivity index (χ4v) is 18.6. The first kappa shape index (κ1) is 49.3. The number of hydrogen-bond donors (Lipinski definition) is 0. The molecule has 19 rings (SSSR count). The molecule has 0 N–H and O–H groups in total. The van der Waals surface area contributed by atoms with Crippen molar-refractivity contribution in [1.29, 1.82) is 0 Å². The summed E-state index contributed by atoms with van der Waals surface area (Å²) < 4.78 is 14.5. The summed E-state index contributed by atoms with van der Waals surface area (Å²) >= 11 is 0. The first-order valence-corrected chi connectivity index (χ1v) is 31.2. The van der Waals surface area contributed by atoms with Crippen LogP contribution in [0.25, 0.3) is 133 Å². The van der Waals surface area contributed by atoms with E-state index in [2.05, 4.69) is 265 Å². The summed E-state index contributed by atoms with van der Waals surface area (Å²) in [6.45, 7) is 29.2. The van der Waals surface area contributed by atoms with Crippen LogP contribution in [0.1, 0.15) is 150 Å². The van der Waals surface area contributed by atoms with Crippen LogP contribution in [-0.2, 0) is 32.5 Å². The monoisotopic (exact) mass is 1110 g/mol. The summed E-state index contributed by atoms with van der Waals surface area (Å²) in [5.41, 5.74) is 39.9. The highest BCUT2D eigenvalue weighted by molar-refractivity contribution is 6.21. The van der Waals surface area contributed by atoms with Crippen molar-refractivity contribution in [2.75, 3.05) is 0 Å². The van der Waals surface area contributed by atoms with Crippen molar-refractivity contribution in [1.82, 2.24) is 0 Å². The van der Waals surface area contributed by atoms with Gasteiger partial charge in [0, 0.05) is 65.2 Å². The third-order valence-corrected chi connectivity index (χ3v) is 23.0. The molecular weight excluding hydrogens is 1040 g/mol. The maximum atomic E-state index is 7.27. The molecule has 414 valence electrons. The van der Waals surface area contributed by atoms with Crippen molar-refractivity contribution in [3.8, 4) is 89.0 Å². The van der Waals surface area contributed by atoms with Crippen LogP contribution in [0.4, 0.5) is 0 Å². The van der Waals surface area contributed by atoms with Gasteiger partial charge in [0.25, 0.3) is 0 Å². The van der Waals surface area contributed by atoms with Crippen molar-refractivity contribution in [2.45, 2.75) is 116 Å². The molecule has 6 aliphatic carbocycles. The van der Waals surface area contributed by atoms with E-state index in [4.69, 9.17) is 8.83 Å². The second-order valence-electron chi connectivity index (χ2n) is 29.5. The van der Waals surface area contributed by atoms with Gasteiger partial charge in [-0.05, 0) is 205 Å². The van der Waals surface area contributed by atoms with E-state index in [9.17, 15) is 0 Å². The lowest BCUT2D eigenvalue weighted by Gasteiger charge is -2.31. The van der Waals surface area contributed by atoms with Crippen LogP contribution >= 0.6 is 0 Å². The summed E-state index contributed by atoms with van der Waals surface area (Å²) in [6, 6.07) is 70.2. The second-order valence-corrected chi connectivity index (χ2v) is 29.5. The standard InChI is InChI=1S/C84H66O2/c1-79(2)59-25-17-13-21-45(59)55-39-65-57(41-63(55)79)47-31-29-43(35-61(47)81(65,5)6)53-37-67-73(77-71(53)49-23-15-19-27-69(49)85-77)51-33-34-52-74-68(84(11,12)76(52)75(51)83(67,9)10)38-54(72-50-24-16-20-28-70(50)86-78(72)74)44-30-32-48-58-42-64-56(40-66(58)82(7,8)62(48)36-44)46-22-14-18-26-60(46)80(64,3)4/h13-42H,1-12H3. The quantitative estimate of drug-likeness (QED) is 0.172. The first-order chi connectivity index (χ1) is 41.2. The second kappa shape index (κ2) is 15.3. The number of fused-ring (bicyclic) bond motifs is 27. The molecule has 86 heavy (non-hydrogen) atoms. The topological polar surface area (TPSA) is 26.3 Å². The maximum absolute atomic E-state index is 7.27. The van der Waals surface area contributed by atoms with Gasteiger partial charge in [0.1, 0.15) is 22.3 Å². The highest BCUT2D eigenvalue weighted by atomic mass is 16.3. The summed E-state index contributed by atoms with van der Waals surface area (Å²) in [7, 11) is 0. The summed E-state index contributed by atoms with van der Waals surface area (Å²) in [5.74, 6) is 0. The first-order valence-electron chi connectivity index (χ1n) is 31.2. The van der Waals surface area contributed by atoms with E-state index in [-0.39, 0.29) is 32.5 Å². The molecule has 0 unspecified atom stereocenters. The Balaban J connectivity index is 0.775. The van der Waals surface area contributed by atoms with Crippen LogP contribution in [0.5, 0.6) is 0 Å². The van der Waals surface area contributed by atoms with E-state index in [0.717, 1.165) is 33.1 Å². The van der Waals surface area contributed by atoms with Gasteiger partial charge < -0.3 is 8.83 Å². The predicted molar refractivity (Wildman–Crippen MR) is 357 cm³/mol. The number of furan rings is 2. The lowest BCUT2D eigenvalue weighted by molar-refractivity contribution is 0.600. The third kappa shape index (κ3) is 5.64. The average molecular weight is 1110 g/mol. The Bertz CT molecular complexity index is 5060. The Morgan fingerprint density at radius 3 is 0.930 bits per heavy atom. The Morgan fingerprint density at radius 1 is 0.233 bits per heavy atom. The molecule has 0 fully saturated rings. The Kier molecular flexibility index (Phi) is 8.79. The Morgan fingerprint density at radius 2 is 0.535 bits per heavy atom. The zero-order valence-electron chi connectivity index (χ0n) is 51.1. The SMILES string of the molecule is CC1(C)c2ccccc2-c2cc3c(cc21)-c1ccc(-c2cc4c(c5oc6ccccc6c25)-c2ccc5c(c2C4(C)C)C(C)(C)c2cc(-c4ccc6c(c4)C(C)(C)c4cc7c(cc4-6)C(C)(C)c4ccccc4-7)c4c(oc6ccccc64)c2-5)cc1C3(C)C. The van der Waals surface area contributed by atoms with Crippen LogP contribution in [0.2, 0.25) is 0 Å². The zero-order valence-corrected chi connectivity index (χ0v) is 51.1. The van der Waals surface area contributed by atoms with Crippen molar-refractivity contribution < 1.29 is 8.83 Å². The summed E-state index contributed by atoms with van der Waals surface area (Å²) in [6.07, 6.45) is 0. The van der Waals surface area contributed by atoms with Gasteiger partial charge in [0.2, 0.25) is 0 Å². The minimum absolute atomic E-state index is 0.0701. The van der Waals surface area contributed by atoms with Crippen LogP contribution in [0.3, 0.4) is 0 Å². The van der Waals surface area contributed by atoms with Gasteiger partial charge in [-0.1, -0.05) is 204 Å². The fraction of sp³-hybridized carbons (Fsp3) is 0.214. The molecule has 0 atom stereocenters. The lowest BCUT2D eigenvalue weighted by atomic mass is 9.72. The van der Waals surface area contributed by atoms with E-state index >= 15 is 0 Å². The molecule has 0 saturated carbocycles. The third-order valence-electron chi connectivity index (χ3n) is 23.0. The molecule has 2 heteroatoms. The highest BCUT2D eigenvalue weighted by Gasteiger charge is 2.50. The van der Waals surface area contributed by atoms with Gasteiger partial charge in [-0.3, -0.25) is 0 Å². The van der Waals surface area contributed by atoms with Crippen LogP contribution in [-0.4, -0.2) is 0 Å². The van der Waals surface area contributed by atoms with Gasteiger partial charge in [-0.15, -0.1) is 0 Å². The van der Waals surface area contributed by atoms with E-state index in [0.29, 0.717) is 0 Å². The predicted octanol–water partition coefficient (Wildman–Crippen LogP) is 22.7. The van der Waals surface area contributed by atoms with Gasteiger partial charge >= 0.3 is 0 Å². The average Bonchev–Trinajstić information content (AvgIpc) is 1.53. The van der Waals surface area contributed by atoms with Crippen LogP contribution in [0, 0.1) is 0 Å². The molecule has 2 heterocycles. The van der Waals surface area contributed by atoms with Crippen molar-refractivity contribution >= 4 is 43.9 Å². The zero-order chi connectivity index (χ0) is 58.4. The normalized spacial score (nSPS) is 17.6. The summed E-state index contributed by atoms with van der Waals surface area (Å²) in [5, 5.41) is 4.67. The van der Waals surface area contributed by atoms with E-state index in [1.54, 1.807) is 0 Å². The molecule has 0 amide bonds. The van der Waals surface area contributed by atoms with Crippen LogP contribution in [0.15, 0.2) is 191 Å². The molecule has 13 aromatic rings. The molecule has 0 radical (unpaired) electrons. The number of benzene rings is 11. The number of para-hydroxylation sites is 2. The van der Waals surface area contributed by atoms with Gasteiger partial charge in [-0.25, -0.2) is 0 Å². The molecule has 0 spiro atoms. The molecule has 0 aliphatic heterocycles. The molecule has 2 aromatic heterocycles. The number of rotatable bonds is 2. The van der Waals surface area contributed by atoms with Crippen molar-refractivity contribution in [3.63, 3.8) is 0 Å². The minimum atomic E-state index is -0.388. The molecule has 0 saturated heterocycles. The van der Waals surface area contributed by atoms with Gasteiger partial charge in [0.05, 0.1) is 0 Å². The molecular formula is C84H66O2. The molecule has 11 aromatic carbocycles. The van der Waals surface area contributed by atoms with Crippen molar-refractivity contribution in [2.24, 2.45) is 0 Å². The van der Waals surface area contributed by atoms with Crippen LogP contribution < -0.4 is 0 Å². The van der Waals surface area contributed by atoms with Gasteiger partial charge in [-0.2, -0.15) is 0 Å². The van der Waals surface area contributed by atoms with Crippen molar-refractivity contribution in [3.05, 3.63) is 249 Å². The smallest absolute Gasteiger partial charge is 0.144 e. The molecule has 0 bridgehead atoms. The van der Waals surface area contributed by atoms with Gasteiger partial charge in [0.15, 0.2) is 0 Å². The van der Waals surface area contributed by atoms with E-state index < -0.39 is 0 Å². The van der Waals surface area contributed by atoms with E-state index in [1.165, 1.54) is 167 Å². The minimum Gasteiger partial charge on any atom is -0.455 e. The fourth-order valence-electron chi connectivity index (χ4n) is 18.6. The summed E-state index contributed by atoms with van der Waals surface area (Å²) in [4.78, 5) is 0. The largest absolute Gasteiger partial charge is 0.455 e. The number of hydrogen-bond acceptors (Lipinski definition) is 2. The highest BCUT2D eigenvalue weighted by Crippen LogP contribution is 2.65. The molecule has 2 nitrogen and oxygen atoms in total. The maximum Gasteiger partial charge on any atom is 0.144 e. The lowest BCUT2D eigenvalue weighted by Crippen LogP contribution is -2.24. The molecule has 6 aliphatic rings. The Labute approximate surface area is 503 Å². The Hall–Kier alpha value is -8.98.